The van der Waals surface area contributed by atoms with Gasteiger partial charge in [0, 0.05) is 5.56 Å². The number of benzene rings is 3. The van der Waals surface area contributed by atoms with Gasteiger partial charge in [0.1, 0.15) is 18.0 Å². The molecule has 3 aromatic carbocycles. The lowest BCUT2D eigenvalue weighted by atomic mass is 10.1. The lowest BCUT2D eigenvalue weighted by Gasteiger charge is -2.26. The van der Waals surface area contributed by atoms with Crippen LogP contribution in [-0.2, 0) is 14.8 Å². The molecule has 0 aromatic heterocycles. The molecule has 0 radical (unpaired) electrons. The van der Waals surface area contributed by atoms with Crippen molar-refractivity contribution in [1.82, 2.24) is 5.32 Å². The molecule has 7 nitrogen and oxygen atoms in total. The van der Waals surface area contributed by atoms with E-state index in [0.29, 0.717) is 17.1 Å². The van der Waals surface area contributed by atoms with E-state index >= 15 is 0 Å². The quantitative estimate of drug-likeness (QED) is 0.423. The van der Waals surface area contributed by atoms with Crippen molar-refractivity contribution in [2.75, 3.05) is 25.1 Å². The Kier molecular flexibility index (Phi) is 8.30. The molecular formula is C24H24Cl2N2O5S. The minimum absolute atomic E-state index is 0.0383. The number of nitrogens with zero attached hydrogens (tertiary/aromatic N) is 1. The Morgan fingerprint density at radius 2 is 1.68 bits per heavy atom. The van der Waals surface area contributed by atoms with Crippen LogP contribution in [0.2, 0.25) is 10.0 Å². The van der Waals surface area contributed by atoms with Crippen LogP contribution < -0.4 is 19.1 Å². The maximum atomic E-state index is 13.4. The first-order valence-electron chi connectivity index (χ1n) is 10.2. The summed E-state index contributed by atoms with van der Waals surface area (Å²) in [6, 6.07) is 17.0. The van der Waals surface area contributed by atoms with E-state index in [4.69, 9.17) is 32.7 Å². The summed E-state index contributed by atoms with van der Waals surface area (Å²) in [7, 11) is -1.01. The number of amides is 1. The highest BCUT2D eigenvalue weighted by Crippen LogP contribution is 2.31. The van der Waals surface area contributed by atoms with Crippen molar-refractivity contribution in [2.45, 2.75) is 17.9 Å². The van der Waals surface area contributed by atoms with Crippen LogP contribution in [0.25, 0.3) is 0 Å². The smallest absolute Gasteiger partial charge is 0.264 e. The zero-order valence-corrected chi connectivity index (χ0v) is 21.1. The van der Waals surface area contributed by atoms with Gasteiger partial charge in [-0.1, -0.05) is 41.4 Å². The van der Waals surface area contributed by atoms with Crippen LogP contribution in [-0.4, -0.2) is 35.1 Å². The molecule has 1 unspecified atom stereocenters. The highest BCUT2D eigenvalue weighted by atomic mass is 35.5. The molecule has 0 aliphatic heterocycles. The third-order valence-corrected chi connectivity index (χ3v) is 7.62. The molecule has 0 saturated carbocycles. The van der Waals surface area contributed by atoms with Crippen LogP contribution in [0.5, 0.6) is 11.5 Å². The Labute approximate surface area is 209 Å². The van der Waals surface area contributed by atoms with E-state index in [0.717, 1.165) is 4.31 Å². The zero-order valence-electron chi connectivity index (χ0n) is 18.8. The first-order valence-corrected chi connectivity index (χ1v) is 12.4. The number of hydrogen-bond donors (Lipinski definition) is 1. The third-order valence-electron chi connectivity index (χ3n) is 5.09. The van der Waals surface area contributed by atoms with Gasteiger partial charge in [-0.3, -0.25) is 9.10 Å². The van der Waals surface area contributed by atoms with Gasteiger partial charge in [-0.25, -0.2) is 8.42 Å². The molecule has 0 aliphatic rings. The van der Waals surface area contributed by atoms with Gasteiger partial charge in [-0.2, -0.15) is 0 Å². The molecular weight excluding hydrogens is 499 g/mol. The Morgan fingerprint density at radius 1 is 0.971 bits per heavy atom. The van der Waals surface area contributed by atoms with Crippen LogP contribution in [0.15, 0.2) is 71.6 Å². The molecule has 10 heteroatoms. The number of nitrogens with one attached hydrogen (secondary N) is 1. The van der Waals surface area contributed by atoms with Crippen molar-refractivity contribution in [3.05, 3.63) is 82.3 Å². The Balaban J connectivity index is 1.92. The van der Waals surface area contributed by atoms with Crippen molar-refractivity contribution in [3.8, 4) is 11.5 Å². The number of carbonyl (C=O) groups excluding carboxylic acids is 1. The van der Waals surface area contributed by atoms with Crippen molar-refractivity contribution in [2.24, 2.45) is 0 Å². The van der Waals surface area contributed by atoms with Gasteiger partial charge in [-0.15, -0.1) is 0 Å². The molecule has 1 N–H and O–H groups in total. The summed E-state index contributed by atoms with van der Waals surface area (Å²) in [6.07, 6.45) is 0. The predicted octanol–water partition coefficient (Wildman–Crippen LogP) is 5.08. The van der Waals surface area contributed by atoms with Gasteiger partial charge in [0.05, 0.1) is 40.9 Å². The first kappa shape index (κ1) is 25.7. The number of ether oxygens (including phenoxy) is 2. The van der Waals surface area contributed by atoms with Gasteiger partial charge in [0.25, 0.3) is 10.0 Å². The van der Waals surface area contributed by atoms with Crippen molar-refractivity contribution >= 4 is 44.8 Å². The fourth-order valence-electron chi connectivity index (χ4n) is 3.35. The molecule has 0 bridgehead atoms. The second-order valence-electron chi connectivity index (χ2n) is 7.32. The Morgan fingerprint density at radius 3 is 2.29 bits per heavy atom. The van der Waals surface area contributed by atoms with Crippen molar-refractivity contribution in [1.29, 1.82) is 0 Å². The summed E-state index contributed by atoms with van der Waals surface area (Å²) in [5, 5.41) is 3.27. The number of halogens is 2. The van der Waals surface area contributed by atoms with E-state index in [-0.39, 0.29) is 20.6 Å². The van der Waals surface area contributed by atoms with Crippen LogP contribution >= 0.6 is 23.2 Å². The average molecular weight is 523 g/mol. The molecule has 0 heterocycles. The third kappa shape index (κ3) is 5.75. The second kappa shape index (κ2) is 11.0. The molecule has 0 spiro atoms. The largest absolute Gasteiger partial charge is 0.497 e. The molecule has 3 rings (SSSR count). The number of anilines is 1. The molecule has 1 atom stereocenters. The molecule has 1 amide bonds. The van der Waals surface area contributed by atoms with Gasteiger partial charge in [0.15, 0.2) is 0 Å². The second-order valence-corrected chi connectivity index (χ2v) is 10.00. The van der Waals surface area contributed by atoms with Gasteiger partial charge >= 0.3 is 0 Å². The van der Waals surface area contributed by atoms with Crippen LogP contribution in [0.3, 0.4) is 0 Å². The van der Waals surface area contributed by atoms with Gasteiger partial charge in [-0.05, 0) is 55.5 Å². The van der Waals surface area contributed by atoms with Crippen LogP contribution in [0, 0.1) is 0 Å². The number of hydrogen-bond acceptors (Lipinski definition) is 5. The minimum atomic E-state index is -4.08. The molecule has 180 valence electrons. The topological polar surface area (TPSA) is 84.9 Å². The van der Waals surface area contributed by atoms with E-state index in [1.807, 2.05) is 0 Å². The predicted molar refractivity (Wildman–Crippen MR) is 134 cm³/mol. The number of sulfonamides is 1. The zero-order chi connectivity index (χ0) is 24.9. The molecule has 34 heavy (non-hydrogen) atoms. The highest BCUT2D eigenvalue weighted by molar-refractivity contribution is 7.92. The fraction of sp³-hybridized carbons (Fsp3) is 0.208. The number of methoxy groups -OCH3 is 2. The van der Waals surface area contributed by atoms with Gasteiger partial charge < -0.3 is 14.8 Å². The molecule has 0 saturated heterocycles. The average Bonchev–Trinajstić information content (AvgIpc) is 2.84. The lowest BCUT2D eigenvalue weighted by Crippen LogP contribution is -2.41. The molecule has 0 fully saturated rings. The van der Waals surface area contributed by atoms with E-state index in [9.17, 15) is 13.2 Å². The van der Waals surface area contributed by atoms with E-state index < -0.39 is 28.5 Å². The maximum absolute atomic E-state index is 13.4. The minimum Gasteiger partial charge on any atom is -0.497 e. The van der Waals surface area contributed by atoms with Crippen LogP contribution in [0.4, 0.5) is 5.69 Å². The SMILES string of the molecule is COc1ccc(OC)c(C(C)NC(=O)CN(c2ccc(Cl)c(Cl)c2)S(=O)(=O)c2ccccc2)c1. The number of carbonyl (C=O) groups is 1. The van der Waals surface area contributed by atoms with E-state index in [1.165, 1.54) is 37.4 Å². The molecule has 0 aliphatic carbocycles. The fourth-order valence-corrected chi connectivity index (χ4v) is 5.07. The van der Waals surface area contributed by atoms with Gasteiger partial charge in [0.2, 0.25) is 5.91 Å². The Hall–Kier alpha value is -2.94. The highest BCUT2D eigenvalue weighted by Gasteiger charge is 2.28. The first-order chi connectivity index (χ1) is 16.2. The van der Waals surface area contributed by atoms with E-state index in [2.05, 4.69) is 5.32 Å². The monoisotopic (exact) mass is 522 g/mol. The standard InChI is InChI=1S/C24H24Cl2N2O5S/c1-16(20-14-18(32-2)10-12-23(20)33-3)27-24(29)15-28(17-9-11-21(25)22(26)13-17)34(30,31)19-7-5-4-6-8-19/h4-14,16H,15H2,1-3H3,(H,27,29). The summed E-state index contributed by atoms with van der Waals surface area (Å²) in [6.45, 7) is 1.29. The normalized spacial score (nSPS) is 12.0. The summed E-state index contributed by atoms with van der Waals surface area (Å²) in [5.74, 6) is 0.635. The lowest BCUT2D eigenvalue weighted by molar-refractivity contribution is -0.120. The van der Waals surface area contributed by atoms with Crippen LogP contribution in [0.1, 0.15) is 18.5 Å². The summed E-state index contributed by atoms with van der Waals surface area (Å²) >= 11 is 12.1. The summed E-state index contributed by atoms with van der Waals surface area (Å²) < 4.78 is 38.5. The summed E-state index contributed by atoms with van der Waals surface area (Å²) in [4.78, 5) is 13.1. The number of rotatable bonds is 9. The van der Waals surface area contributed by atoms with E-state index in [1.54, 1.807) is 50.4 Å². The van der Waals surface area contributed by atoms with Crippen molar-refractivity contribution in [3.63, 3.8) is 0 Å². The maximum Gasteiger partial charge on any atom is 0.264 e. The molecule has 3 aromatic rings. The summed E-state index contributed by atoms with van der Waals surface area (Å²) in [5.41, 5.74) is 0.891. The Bertz CT molecular complexity index is 1270. The van der Waals surface area contributed by atoms with Crippen molar-refractivity contribution < 1.29 is 22.7 Å².